The lowest BCUT2D eigenvalue weighted by Crippen LogP contribution is -2.49. The first-order valence-corrected chi connectivity index (χ1v) is 12.8. The predicted molar refractivity (Wildman–Crippen MR) is 120 cm³/mol. The van der Waals surface area contributed by atoms with Crippen molar-refractivity contribution in [2.45, 2.75) is 43.5 Å². The monoisotopic (exact) mass is 464 g/mol. The highest BCUT2D eigenvalue weighted by molar-refractivity contribution is 7.89. The Balaban J connectivity index is 1.46. The van der Waals surface area contributed by atoms with Crippen molar-refractivity contribution in [3.8, 4) is 0 Å². The van der Waals surface area contributed by atoms with E-state index in [4.69, 9.17) is 4.74 Å². The van der Waals surface area contributed by atoms with Gasteiger partial charge in [-0.15, -0.1) is 0 Å². The van der Waals surface area contributed by atoms with Crippen LogP contribution in [0.1, 0.15) is 31.7 Å². The number of morpholine rings is 1. The Morgan fingerprint density at radius 1 is 1.09 bits per heavy atom. The molecule has 0 unspecified atom stereocenters. The number of amides is 2. The van der Waals surface area contributed by atoms with Gasteiger partial charge in [0.05, 0.1) is 18.1 Å². The molecule has 0 aliphatic carbocycles. The minimum absolute atomic E-state index is 0.218. The van der Waals surface area contributed by atoms with Crippen molar-refractivity contribution in [2.75, 3.05) is 57.4 Å². The van der Waals surface area contributed by atoms with Crippen molar-refractivity contribution < 1.29 is 22.7 Å². The highest BCUT2D eigenvalue weighted by Gasteiger charge is 2.38. The number of sulfonamides is 1. The van der Waals surface area contributed by atoms with Crippen LogP contribution in [0.3, 0.4) is 0 Å². The van der Waals surface area contributed by atoms with Crippen LogP contribution in [0, 0.1) is 0 Å². The van der Waals surface area contributed by atoms with Gasteiger partial charge in [0.15, 0.2) is 0 Å². The quantitative estimate of drug-likeness (QED) is 0.662. The van der Waals surface area contributed by atoms with E-state index >= 15 is 0 Å². The van der Waals surface area contributed by atoms with Gasteiger partial charge in [0, 0.05) is 58.3 Å². The van der Waals surface area contributed by atoms with E-state index in [0.717, 1.165) is 38.9 Å². The number of anilines is 1. The first kappa shape index (κ1) is 23.2. The highest BCUT2D eigenvalue weighted by Crippen LogP contribution is 2.35. The molecule has 3 aliphatic rings. The number of rotatable bonds is 6. The number of nitrogens with one attached hydrogen (secondary N) is 1. The van der Waals surface area contributed by atoms with Crippen LogP contribution in [0.4, 0.5) is 5.69 Å². The highest BCUT2D eigenvalue weighted by atomic mass is 32.2. The zero-order valence-electron chi connectivity index (χ0n) is 18.6. The molecule has 1 N–H and O–H groups in total. The summed E-state index contributed by atoms with van der Waals surface area (Å²) in [5.41, 5.74) is 1.33. The van der Waals surface area contributed by atoms with Crippen molar-refractivity contribution in [3.05, 3.63) is 23.8 Å². The Bertz CT molecular complexity index is 955. The smallest absolute Gasteiger partial charge is 0.243 e. The summed E-state index contributed by atoms with van der Waals surface area (Å²) < 4.78 is 33.0. The third kappa shape index (κ3) is 4.83. The zero-order chi connectivity index (χ0) is 22.7. The van der Waals surface area contributed by atoms with Crippen molar-refractivity contribution in [2.24, 2.45) is 0 Å². The average molecular weight is 465 g/mol. The van der Waals surface area contributed by atoms with E-state index in [0.29, 0.717) is 50.5 Å². The Morgan fingerprint density at radius 2 is 1.81 bits per heavy atom. The second kappa shape index (κ2) is 9.86. The number of hydrogen-bond acceptors (Lipinski definition) is 6. The number of ether oxygens (including phenoxy) is 1. The minimum Gasteiger partial charge on any atom is -0.379 e. The molecule has 0 saturated carbocycles. The number of benzene rings is 1. The molecule has 3 heterocycles. The van der Waals surface area contributed by atoms with Gasteiger partial charge in [-0.05, 0) is 36.6 Å². The normalized spacial score (nSPS) is 22.5. The van der Waals surface area contributed by atoms with Crippen LogP contribution in [-0.2, 0) is 30.8 Å². The number of nitrogens with zero attached hydrogens (tertiary/aromatic N) is 3. The molecule has 0 bridgehead atoms. The summed E-state index contributed by atoms with van der Waals surface area (Å²) in [6.45, 7) is 6.82. The molecule has 10 heteroatoms. The molecule has 32 heavy (non-hydrogen) atoms. The van der Waals surface area contributed by atoms with Crippen LogP contribution < -0.4 is 10.2 Å². The molecular weight excluding hydrogens is 432 g/mol. The standard InChI is InChI=1S/C22H32N4O5S/c1-17(27)26-20-6-5-19(32(29,30)25-8-3-2-4-9-25)15-18(20)16-21(26)22(28)23-7-10-24-11-13-31-14-12-24/h5-6,15,21H,2-4,7-14,16H2,1H3,(H,23,28)/t21-/m0/s1. The summed E-state index contributed by atoms with van der Waals surface area (Å²) in [5, 5.41) is 2.95. The molecule has 0 aromatic heterocycles. The van der Waals surface area contributed by atoms with Crippen molar-refractivity contribution >= 4 is 27.5 Å². The summed E-state index contributed by atoms with van der Waals surface area (Å²) >= 11 is 0. The molecule has 1 atom stereocenters. The van der Waals surface area contributed by atoms with E-state index in [2.05, 4.69) is 10.2 Å². The Labute approximate surface area is 189 Å². The lowest BCUT2D eigenvalue weighted by atomic mass is 10.1. The van der Waals surface area contributed by atoms with Gasteiger partial charge in [-0.1, -0.05) is 6.42 Å². The number of hydrogen-bond donors (Lipinski definition) is 1. The molecule has 2 fully saturated rings. The zero-order valence-corrected chi connectivity index (χ0v) is 19.4. The Morgan fingerprint density at radius 3 is 2.50 bits per heavy atom. The lowest BCUT2D eigenvalue weighted by Gasteiger charge is -2.27. The van der Waals surface area contributed by atoms with E-state index < -0.39 is 16.1 Å². The maximum absolute atomic E-state index is 13.1. The summed E-state index contributed by atoms with van der Waals surface area (Å²) in [7, 11) is -3.57. The molecule has 0 radical (unpaired) electrons. The van der Waals surface area contributed by atoms with Crippen LogP contribution in [0.15, 0.2) is 23.1 Å². The van der Waals surface area contributed by atoms with Gasteiger partial charge in [-0.3, -0.25) is 19.4 Å². The van der Waals surface area contributed by atoms with Gasteiger partial charge < -0.3 is 10.1 Å². The van der Waals surface area contributed by atoms with Crippen LogP contribution in [0.2, 0.25) is 0 Å². The second-order valence-electron chi connectivity index (χ2n) is 8.61. The Hall–Kier alpha value is -2.01. The predicted octanol–water partition coefficient (Wildman–Crippen LogP) is 0.587. The summed E-state index contributed by atoms with van der Waals surface area (Å²) in [6.07, 6.45) is 3.09. The van der Waals surface area contributed by atoms with Crippen LogP contribution in [0.25, 0.3) is 0 Å². The first-order chi connectivity index (χ1) is 15.4. The van der Waals surface area contributed by atoms with Crippen LogP contribution in [0.5, 0.6) is 0 Å². The third-order valence-corrected chi connectivity index (χ3v) is 8.36. The van der Waals surface area contributed by atoms with Crippen molar-refractivity contribution in [1.82, 2.24) is 14.5 Å². The van der Waals surface area contributed by atoms with E-state index in [9.17, 15) is 18.0 Å². The van der Waals surface area contributed by atoms with Crippen LogP contribution in [-0.4, -0.2) is 88.0 Å². The number of carbonyl (C=O) groups excluding carboxylic acids is 2. The van der Waals surface area contributed by atoms with E-state index in [1.165, 1.54) is 16.1 Å². The molecule has 1 aromatic rings. The molecular formula is C22H32N4O5S. The summed E-state index contributed by atoms with van der Waals surface area (Å²) in [4.78, 5) is 29.2. The second-order valence-corrected chi connectivity index (χ2v) is 10.5. The van der Waals surface area contributed by atoms with Gasteiger partial charge in [-0.25, -0.2) is 8.42 Å². The molecule has 1 aromatic carbocycles. The maximum Gasteiger partial charge on any atom is 0.243 e. The van der Waals surface area contributed by atoms with Crippen molar-refractivity contribution in [3.63, 3.8) is 0 Å². The van der Waals surface area contributed by atoms with Gasteiger partial charge in [0.2, 0.25) is 21.8 Å². The fourth-order valence-electron chi connectivity index (χ4n) is 4.72. The summed E-state index contributed by atoms with van der Waals surface area (Å²) in [6, 6.07) is 4.18. The maximum atomic E-state index is 13.1. The lowest BCUT2D eigenvalue weighted by molar-refractivity contribution is -0.125. The average Bonchev–Trinajstić information content (AvgIpc) is 3.19. The molecule has 9 nitrogen and oxygen atoms in total. The van der Waals surface area contributed by atoms with Crippen LogP contribution >= 0.6 is 0 Å². The molecule has 3 aliphatic heterocycles. The molecule has 176 valence electrons. The fraction of sp³-hybridized carbons (Fsp3) is 0.636. The molecule has 0 spiro atoms. The number of fused-ring (bicyclic) bond motifs is 1. The fourth-order valence-corrected chi connectivity index (χ4v) is 6.29. The summed E-state index contributed by atoms with van der Waals surface area (Å²) in [5.74, 6) is -0.450. The molecule has 2 amide bonds. The van der Waals surface area contributed by atoms with Gasteiger partial charge in [0.25, 0.3) is 0 Å². The Kier molecular flexibility index (Phi) is 7.14. The van der Waals surface area contributed by atoms with Gasteiger partial charge >= 0.3 is 0 Å². The molecule has 2 saturated heterocycles. The van der Waals surface area contributed by atoms with E-state index in [-0.39, 0.29) is 16.7 Å². The van der Waals surface area contributed by atoms with Gasteiger partial charge in [0.1, 0.15) is 6.04 Å². The minimum atomic E-state index is -3.57. The third-order valence-electron chi connectivity index (χ3n) is 6.46. The van der Waals surface area contributed by atoms with Gasteiger partial charge in [-0.2, -0.15) is 4.31 Å². The molecule has 4 rings (SSSR count). The first-order valence-electron chi connectivity index (χ1n) is 11.4. The topological polar surface area (TPSA) is 99.3 Å². The largest absolute Gasteiger partial charge is 0.379 e. The van der Waals surface area contributed by atoms with E-state index in [1.807, 2.05) is 0 Å². The number of carbonyl (C=O) groups is 2. The van der Waals surface area contributed by atoms with E-state index in [1.54, 1.807) is 18.2 Å². The number of piperidine rings is 1. The SMILES string of the molecule is CC(=O)N1c2ccc(S(=O)(=O)N3CCCCC3)cc2C[C@H]1C(=O)NCCN1CCOCC1. The van der Waals surface area contributed by atoms with Crippen molar-refractivity contribution in [1.29, 1.82) is 0 Å².